The molecular formula is C14H20N2O2S. The van der Waals surface area contributed by atoms with Gasteiger partial charge in [-0.1, -0.05) is 24.2 Å². The molecule has 3 rings (SSSR count). The minimum atomic E-state index is -0.277. The third-order valence-electron chi connectivity index (χ3n) is 4.37. The highest BCUT2D eigenvalue weighted by atomic mass is 32.1. The predicted octanol–water partition coefficient (Wildman–Crippen LogP) is 3.09. The maximum Gasteiger partial charge on any atom is 0.349 e. The molecule has 2 atom stereocenters. The van der Waals surface area contributed by atoms with E-state index in [1.54, 1.807) is 6.20 Å². The zero-order chi connectivity index (χ0) is 13.2. The van der Waals surface area contributed by atoms with Crippen LogP contribution in [0.3, 0.4) is 0 Å². The molecule has 104 valence electrons. The van der Waals surface area contributed by atoms with Crippen LogP contribution < -0.4 is 4.90 Å². The van der Waals surface area contributed by atoms with Crippen LogP contribution >= 0.6 is 11.3 Å². The average molecular weight is 280 g/mol. The lowest BCUT2D eigenvalue weighted by Crippen LogP contribution is -2.46. The molecule has 1 aromatic heterocycles. The van der Waals surface area contributed by atoms with Crippen LogP contribution in [0, 0.1) is 5.92 Å². The molecule has 0 amide bonds. The summed E-state index contributed by atoms with van der Waals surface area (Å²) in [6.45, 7) is 1.08. The molecule has 1 aliphatic carbocycles. The van der Waals surface area contributed by atoms with Crippen molar-refractivity contribution in [1.29, 1.82) is 0 Å². The maximum absolute atomic E-state index is 11.5. The number of rotatable bonds is 2. The molecule has 1 aromatic rings. The van der Waals surface area contributed by atoms with Crippen molar-refractivity contribution in [2.45, 2.75) is 44.6 Å². The van der Waals surface area contributed by atoms with Gasteiger partial charge in [-0.05, 0) is 31.6 Å². The first-order valence-corrected chi connectivity index (χ1v) is 7.92. The molecule has 2 aliphatic rings. The molecule has 1 aliphatic heterocycles. The largest absolute Gasteiger partial charge is 0.465 e. The standard InChI is InChI=1S/C14H20N2O2S/c1-18-13(17)12-9-15-14(19-12)16-8-4-6-10-5-2-3-7-11(10)16/h9-11H,2-8H2,1H3. The number of hydrogen-bond acceptors (Lipinski definition) is 5. The summed E-state index contributed by atoms with van der Waals surface area (Å²) in [7, 11) is 1.42. The smallest absolute Gasteiger partial charge is 0.349 e. The zero-order valence-electron chi connectivity index (χ0n) is 11.3. The zero-order valence-corrected chi connectivity index (χ0v) is 12.1. The summed E-state index contributed by atoms with van der Waals surface area (Å²) in [4.78, 5) is 19.0. The van der Waals surface area contributed by atoms with Gasteiger partial charge in [0.15, 0.2) is 5.13 Å². The van der Waals surface area contributed by atoms with E-state index in [4.69, 9.17) is 4.74 Å². The van der Waals surface area contributed by atoms with Gasteiger partial charge >= 0.3 is 5.97 Å². The summed E-state index contributed by atoms with van der Waals surface area (Å²) in [5.41, 5.74) is 0. The maximum atomic E-state index is 11.5. The number of anilines is 1. The Hall–Kier alpha value is -1.10. The van der Waals surface area contributed by atoms with Gasteiger partial charge in [-0.25, -0.2) is 9.78 Å². The van der Waals surface area contributed by atoms with Crippen molar-refractivity contribution >= 4 is 22.4 Å². The Morgan fingerprint density at radius 3 is 3.00 bits per heavy atom. The van der Waals surface area contributed by atoms with Gasteiger partial charge in [0, 0.05) is 12.6 Å². The summed E-state index contributed by atoms with van der Waals surface area (Å²) < 4.78 is 4.76. The van der Waals surface area contributed by atoms with E-state index < -0.39 is 0 Å². The summed E-state index contributed by atoms with van der Waals surface area (Å²) in [6, 6.07) is 0.638. The lowest BCUT2D eigenvalue weighted by Gasteiger charge is -2.44. The number of aromatic nitrogens is 1. The number of ether oxygens (including phenoxy) is 1. The fourth-order valence-electron chi connectivity index (χ4n) is 3.45. The highest BCUT2D eigenvalue weighted by Gasteiger charge is 2.34. The van der Waals surface area contributed by atoms with Crippen LogP contribution in [0.15, 0.2) is 6.20 Å². The topological polar surface area (TPSA) is 42.4 Å². The highest BCUT2D eigenvalue weighted by Crippen LogP contribution is 2.38. The van der Waals surface area contributed by atoms with Crippen molar-refractivity contribution in [3.63, 3.8) is 0 Å². The quantitative estimate of drug-likeness (QED) is 0.781. The number of hydrogen-bond donors (Lipinski definition) is 0. The molecule has 0 spiro atoms. The van der Waals surface area contributed by atoms with Crippen molar-refractivity contribution in [1.82, 2.24) is 4.98 Å². The third kappa shape index (κ3) is 2.48. The lowest BCUT2D eigenvalue weighted by atomic mass is 9.78. The molecule has 5 heteroatoms. The molecular weight excluding hydrogens is 260 g/mol. The molecule has 1 saturated heterocycles. The van der Waals surface area contributed by atoms with E-state index in [2.05, 4.69) is 9.88 Å². The molecule has 2 unspecified atom stereocenters. The average Bonchev–Trinajstić information content (AvgIpc) is 2.95. The molecule has 0 N–H and O–H groups in total. The van der Waals surface area contributed by atoms with E-state index in [9.17, 15) is 4.79 Å². The van der Waals surface area contributed by atoms with E-state index in [1.165, 1.54) is 57.0 Å². The first-order chi connectivity index (χ1) is 9.29. The van der Waals surface area contributed by atoms with Crippen LogP contribution in [0.1, 0.15) is 48.2 Å². The van der Waals surface area contributed by atoms with Gasteiger partial charge in [0.05, 0.1) is 13.3 Å². The number of carbonyl (C=O) groups is 1. The fourth-order valence-corrected chi connectivity index (χ4v) is 4.37. The minimum Gasteiger partial charge on any atom is -0.465 e. The van der Waals surface area contributed by atoms with Gasteiger partial charge < -0.3 is 9.64 Å². The minimum absolute atomic E-state index is 0.277. The van der Waals surface area contributed by atoms with E-state index >= 15 is 0 Å². The van der Waals surface area contributed by atoms with Gasteiger partial charge in [0.25, 0.3) is 0 Å². The van der Waals surface area contributed by atoms with Crippen LogP contribution in [-0.4, -0.2) is 30.6 Å². The summed E-state index contributed by atoms with van der Waals surface area (Å²) in [6.07, 6.45) is 9.59. The Balaban J connectivity index is 1.80. The molecule has 19 heavy (non-hydrogen) atoms. The van der Waals surface area contributed by atoms with E-state index in [0.29, 0.717) is 10.9 Å². The van der Waals surface area contributed by atoms with Crippen molar-refractivity contribution in [3.05, 3.63) is 11.1 Å². The Kier molecular flexibility index (Phi) is 3.73. The van der Waals surface area contributed by atoms with Crippen molar-refractivity contribution in [2.75, 3.05) is 18.6 Å². The Bertz CT molecular complexity index is 458. The van der Waals surface area contributed by atoms with Crippen LogP contribution in [0.2, 0.25) is 0 Å². The van der Waals surface area contributed by atoms with Crippen LogP contribution in [0.4, 0.5) is 5.13 Å². The second-order valence-electron chi connectivity index (χ2n) is 5.45. The van der Waals surface area contributed by atoms with Crippen LogP contribution in [0.5, 0.6) is 0 Å². The van der Waals surface area contributed by atoms with E-state index in [0.717, 1.165) is 17.6 Å². The number of carbonyl (C=O) groups excluding carboxylic acids is 1. The summed E-state index contributed by atoms with van der Waals surface area (Å²) >= 11 is 1.47. The third-order valence-corrected chi connectivity index (χ3v) is 5.38. The number of nitrogens with zero attached hydrogens (tertiary/aromatic N) is 2. The molecule has 0 radical (unpaired) electrons. The molecule has 0 bridgehead atoms. The van der Waals surface area contributed by atoms with Gasteiger partial charge in [0.2, 0.25) is 0 Å². The van der Waals surface area contributed by atoms with E-state index in [1.807, 2.05) is 0 Å². The Morgan fingerprint density at radius 1 is 1.37 bits per heavy atom. The summed E-state index contributed by atoms with van der Waals surface area (Å²) in [5.74, 6) is 0.550. The van der Waals surface area contributed by atoms with Crippen molar-refractivity contribution in [3.8, 4) is 0 Å². The second kappa shape index (κ2) is 5.49. The fraction of sp³-hybridized carbons (Fsp3) is 0.714. The van der Waals surface area contributed by atoms with E-state index in [-0.39, 0.29) is 5.97 Å². The van der Waals surface area contributed by atoms with Gasteiger partial charge in [-0.15, -0.1) is 0 Å². The lowest BCUT2D eigenvalue weighted by molar-refractivity contribution is 0.0606. The highest BCUT2D eigenvalue weighted by molar-refractivity contribution is 7.17. The first-order valence-electron chi connectivity index (χ1n) is 7.10. The van der Waals surface area contributed by atoms with Gasteiger partial charge in [0.1, 0.15) is 4.88 Å². The van der Waals surface area contributed by atoms with Gasteiger partial charge in [-0.3, -0.25) is 0 Å². The van der Waals surface area contributed by atoms with Crippen molar-refractivity contribution < 1.29 is 9.53 Å². The Morgan fingerprint density at radius 2 is 2.16 bits per heavy atom. The Labute approximate surface area is 117 Å². The summed E-state index contributed by atoms with van der Waals surface area (Å²) in [5, 5.41) is 0.997. The number of methoxy groups -OCH3 is 1. The normalized spacial score (nSPS) is 26.9. The molecule has 0 aromatic carbocycles. The van der Waals surface area contributed by atoms with Crippen LogP contribution in [0.25, 0.3) is 0 Å². The SMILES string of the molecule is COC(=O)c1cnc(N2CCCC3CCCCC32)s1. The van der Waals surface area contributed by atoms with Gasteiger partial charge in [-0.2, -0.15) is 0 Å². The molecule has 4 nitrogen and oxygen atoms in total. The van der Waals surface area contributed by atoms with Crippen molar-refractivity contribution in [2.24, 2.45) is 5.92 Å². The molecule has 2 heterocycles. The number of fused-ring (bicyclic) bond motifs is 1. The number of piperidine rings is 1. The first kappa shape index (κ1) is 12.9. The molecule has 1 saturated carbocycles. The molecule has 2 fully saturated rings. The number of thiazole rings is 1. The van der Waals surface area contributed by atoms with Crippen LogP contribution in [-0.2, 0) is 4.74 Å². The predicted molar refractivity (Wildman–Crippen MR) is 75.8 cm³/mol. The number of esters is 1. The second-order valence-corrected chi connectivity index (χ2v) is 6.46. The monoisotopic (exact) mass is 280 g/mol.